The highest BCUT2D eigenvalue weighted by molar-refractivity contribution is 5.55. The lowest BCUT2D eigenvalue weighted by atomic mass is 9.92. The van der Waals surface area contributed by atoms with E-state index in [1.54, 1.807) is 13.2 Å². The molecule has 2 aromatic carbocycles. The second kappa shape index (κ2) is 6.30. The van der Waals surface area contributed by atoms with Gasteiger partial charge in [0.2, 0.25) is 0 Å². The molecule has 0 unspecified atom stereocenters. The van der Waals surface area contributed by atoms with Gasteiger partial charge in [0.15, 0.2) is 11.5 Å². The Morgan fingerprint density at radius 2 is 2.05 bits per heavy atom. The van der Waals surface area contributed by atoms with E-state index in [0.29, 0.717) is 11.8 Å². The van der Waals surface area contributed by atoms with Gasteiger partial charge in [-0.1, -0.05) is 24.3 Å². The minimum Gasteiger partial charge on any atom is -0.504 e. The molecule has 0 radical (unpaired) electrons. The predicted octanol–water partition coefficient (Wildman–Crippen LogP) is 3.78. The molecule has 0 spiro atoms. The molecule has 116 valence electrons. The maximum Gasteiger partial charge on any atom is 0.160 e. The van der Waals surface area contributed by atoms with Crippen LogP contribution in [0.1, 0.15) is 24.0 Å². The van der Waals surface area contributed by atoms with E-state index >= 15 is 0 Å². The van der Waals surface area contributed by atoms with Gasteiger partial charge < -0.3 is 14.7 Å². The van der Waals surface area contributed by atoms with Crippen LogP contribution >= 0.6 is 0 Å². The number of para-hydroxylation sites is 1. The van der Waals surface area contributed by atoms with Gasteiger partial charge in [-0.25, -0.2) is 0 Å². The summed E-state index contributed by atoms with van der Waals surface area (Å²) < 4.78 is 5.18. The average Bonchev–Trinajstić information content (AvgIpc) is 2.56. The molecule has 1 heterocycles. The van der Waals surface area contributed by atoms with Crippen molar-refractivity contribution in [2.75, 3.05) is 19.1 Å². The lowest BCUT2D eigenvalue weighted by Gasteiger charge is -2.36. The van der Waals surface area contributed by atoms with Crippen molar-refractivity contribution in [3.05, 3.63) is 53.6 Å². The van der Waals surface area contributed by atoms with Crippen LogP contribution in [-0.2, 0) is 12.8 Å². The Balaban J connectivity index is 1.67. The molecule has 1 atom stereocenters. The van der Waals surface area contributed by atoms with Crippen LogP contribution in [0.25, 0.3) is 0 Å². The third-order valence-electron chi connectivity index (χ3n) is 4.68. The number of phenols is 1. The average molecular weight is 297 g/mol. The summed E-state index contributed by atoms with van der Waals surface area (Å²) in [4.78, 5) is 2.41. The molecule has 0 aromatic heterocycles. The molecule has 0 amide bonds. The van der Waals surface area contributed by atoms with Crippen molar-refractivity contribution in [2.24, 2.45) is 0 Å². The summed E-state index contributed by atoms with van der Waals surface area (Å²) in [5, 5.41) is 9.67. The lowest BCUT2D eigenvalue weighted by molar-refractivity contribution is 0.373. The van der Waals surface area contributed by atoms with Gasteiger partial charge in [0.05, 0.1) is 7.11 Å². The number of hydrogen-bond acceptors (Lipinski definition) is 3. The SMILES string of the molecule is COc1cc(CC[C@H]2CCc3ccccc3N2C)ccc1O. The number of aromatic hydroxyl groups is 1. The molecular weight excluding hydrogens is 274 g/mol. The molecular formula is C19H23NO2. The van der Waals surface area contributed by atoms with Gasteiger partial charge in [-0.05, 0) is 55.0 Å². The van der Waals surface area contributed by atoms with Gasteiger partial charge in [0.1, 0.15) is 0 Å². The molecule has 3 rings (SSSR count). The second-order valence-electron chi connectivity index (χ2n) is 5.98. The fraction of sp³-hybridized carbons (Fsp3) is 0.368. The number of fused-ring (bicyclic) bond motifs is 1. The first-order valence-corrected chi connectivity index (χ1v) is 7.85. The molecule has 0 saturated carbocycles. The van der Waals surface area contributed by atoms with Crippen molar-refractivity contribution in [1.82, 2.24) is 0 Å². The van der Waals surface area contributed by atoms with Gasteiger partial charge in [-0.15, -0.1) is 0 Å². The number of anilines is 1. The van der Waals surface area contributed by atoms with E-state index in [1.165, 1.54) is 23.2 Å². The molecule has 3 nitrogen and oxygen atoms in total. The van der Waals surface area contributed by atoms with E-state index < -0.39 is 0 Å². The van der Waals surface area contributed by atoms with Crippen LogP contribution in [0.5, 0.6) is 11.5 Å². The number of hydrogen-bond donors (Lipinski definition) is 1. The number of phenolic OH excluding ortho intramolecular Hbond substituents is 1. The minimum atomic E-state index is 0.204. The Hall–Kier alpha value is -2.16. The second-order valence-corrected chi connectivity index (χ2v) is 5.98. The first kappa shape index (κ1) is 14.8. The van der Waals surface area contributed by atoms with Crippen LogP contribution in [0.4, 0.5) is 5.69 Å². The molecule has 1 aliphatic rings. The Morgan fingerprint density at radius 1 is 1.23 bits per heavy atom. The summed E-state index contributed by atoms with van der Waals surface area (Å²) in [6.07, 6.45) is 4.46. The molecule has 0 fully saturated rings. The van der Waals surface area contributed by atoms with E-state index in [0.717, 1.165) is 19.3 Å². The Morgan fingerprint density at radius 3 is 2.86 bits per heavy atom. The van der Waals surface area contributed by atoms with Crippen LogP contribution in [0.2, 0.25) is 0 Å². The summed E-state index contributed by atoms with van der Waals surface area (Å²) in [7, 11) is 3.78. The Bertz CT molecular complexity index is 654. The quantitative estimate of drug-likeness (QED) is 0.932. The van der Waals surface area contributed by atoms with Crippen molar-refractivity contribution in [3.63, 3.8) is 0 Å². The maximum atomic E-state index is 9.67. The molecule has 0 bridgehead atoms. The minimum absolute atomic E-state index is 0.204. The first-order chi connectivity index (χ1) is 10.7. The zero-order valence-electron chi connectivity index (χ0n) is 13.2. The van der Waals surface area contributed by atoms with Gasteiger partial charge >= 0.3 is 0 Å². The molecule has 2 aromatic rings. The van der Waals surface area contributed by atoms with E-state index in [2.05, 4.69) is 36.2 Å². The van der Waals surface area contributed by atoms with E-state index in [4.69, 9.17) is 4.74 Å². The normalized spacial score (nSPS) is 17.2. The summed E-state index contributed by atoms with van der Waals surface area (Å²) in [5.74, 6) is 0.759. The van der Waals surface area contributed by atoms with Crippen molar-refractivity contribution in [3.8, 4) is 11.5 Å². The lowest BCUT2D eigenvalue weighted by Crippen LogP contribution is -2.36. The van der Waals surface area contributed by atoms with Crippen LogP contribution in [0, 0.1) is 0 Å². The fourth-order valence-corrected chi connectivity index (χ4v) is 3.33. The standard InChI is InChI=1S/C19H23NO2/c1-20-16(11-9-15-5-3-4-6-17(15)20)10-7-14-8-12-18(21)19(13-14)22-2/h3-6,8,12-13,16,21H,7,9-11H2,1-2H3/t16-/m0/s1. The number of ether oxygens (including phenoxy) is 1. The summed E-state index contributed by atoms with van der Waals surface area (Å²) in [6.45, 7) is 0. The molecule has 1 N–H and O–H groups in total. The summed E-state index contributed by atoms with van der Waals surface area (Å²) in [5.41, 5.74) is 4.02. The van der Waals surface area contributed by atoms with Crippen molar-refractivity contribution >= 4 is 5.69 Å². The number of benzene rings is 2. The van der Waals surface area contributed by atoms with E-state index in [-0.39, 0.29) is 5.75 Å². The summed E-state index contributed by atoms with van der Waals surface area (Å²) in [6, 6.07) is 14.9. The highest BCUT2D eigenvalue weighted by Gasteiger charge is 2.22. The molecule has 0 saturated heterocycles. The smallest absolute Gasteiger partial charge is 0.160 e. The Kier molecular flexibility index (Phi) is 4.23. The van der Waals surface area contributed by atoms with Crippen molar-refractivity contribution in [1.29, 1.82) is 0 Å². The molecule has 22 heavy (non-hydrogen) atoms. The fourth-order valence-electron chi connectivity index (χ4n) is 3.33. The third kappa shape index (κ3) is 2.89. The summed E-state index contributed by atoms with van der Waals surface area (Å²) >= 11 is 0. The monoisotopic (exact) mass is 297 g/mol. The maximum absolute atomic E-state index is 9.67. The number of rotatable bonds is 4. The number of methoxy groups -OCH3 is 1. The predicted molar refractivity (Wildman–Crippen MR) is 89.9 cm³/mol. The molecule has 1 aliphatic heterocycles. The van der Waals surface area contributed by atoms with Crippen molar-refractivity contribution < 1.29 is 9.84 Å². The first-order valence-electron chi connectivity index (χ1n) is 7.85. The van der Waals surface area contributed by atoms with E-state index in [1.807, 2.05) is 12.1 Å². The van der Waals surface area contributed by atoms with Gasteiger partial charge in [-0.3, -0.25) is 0 Å². The van der Waals surface area contributed by atoms with Crippen molar-refractivity contribution in [2.45, 2.75) is 31.7 Å². The largest absolute Gasteiger partial charge is 0.504 e. The van der Waals surface area contributed by atoms with Crippen LogP contribution in [0.15, 0.2) is 42.5 Å². The zero-order valence-corrected chi connectivity index (χ0v) is 13.2. The Labute approximate surface area is 132 Å². The zero-order chi connectivity index (χ0) is 15.5. The third-order valence-corrected chi connectivity index (χ3v) is 4.68. The van der Waals surface area contributed by atoms with E-state index in [9.17, 15) is 5.11 Å². The van der Waals surface area contributed by atoms with Crippen LogP contribution in [0.3, 0.4) is 0 Å². The number of nitrogens with zero attached hydrogens (tertiary/aromatic N) is 1. The van der Waals surface area contributed by atoms with Gasteiger partial charge in [0.25, 0.3) is 0 Å². The van der Waals surface area contributed by atoms with Gasteiger partial charge in [0, 0.05) is 18.8 Å². The number of aryl methyl sites for hydroxylation is 2. The molecule has 0 aliphatic carbocycles. The molecule has 3 heteroatoms. The van der Waals surface area contributed by atoms with Crippen LogP contribution < -0.4 is 9.64 Å². The highest BCUT2D eigenvalue weighted by Crippen LogP contribution is 2.32. The van der Waals surface area contributed by atoms with Crippen LogP contribution in [-0.4, -0.2) is 25.3 Å². The van der Waals surface area contributed by atoms with Gasteiger partial charge in [-0.2, -0.15) is 0 Å². The topological polar surface area (TPSA) is 32.7 Å². The highest BCUT2D eigenvalue weighted by atomic mass is 16.5.